The van der Waals surface area contributed by atoms with E-state index in [1.165, 1.54) is 38.8 Å². The van der Waals surface area contributed by atoms with Crippen LogP contribution in [0.15, 0.2) is 0 Å². The Kier molecular flexibility index (Phi) is 2.69. The maximum absolute atomic E-state index is 2.65. The summed E-state index contributed by atoms with van der Waals surface area (Å²) in [6.45, 7) is 2.69. The molecule has 1 nitrogen and oxygen atoms in total. The first-order valence-corrected chi connectivity index (χ1v) is 6.62. The summed E-state index contributed by atoms with van der Waals surface area (Å²) in [5.74, 6) is 0. The highest BCUT2D eigenvalue weighted by atomic mass is 127. The molecule has 1 unspecified atom stereocenters. The van der Waals surface area contributed by atoms with E-state index in [1.807, 2.05) is 0 Å². The van der Waals surface area contributed by atoms with E-state index in [0.717, 1.165) is 4.05 Å². The number of hydrogen-bond donors (Lipinski definition) is 0. The maximum atomic E-state index is 2.65. The lowest BCUT2D eigenvalue weighted by molar-refractivity contribution is 0.323. The van der Waals surface area contributed by atoms with Crippen LogP contribution in [0.2, 0.25) is 0 Å². The Morgan fingerprint density at radius 1 is 1.18 bits per heavy atom. The zero-order chi connectivity index (χ0) is 7.90. The zero-order valence-corrected chi connectivity index (χ0v) is 10.8. The van der Waals surface area contributed by atoms with Crippen LogP contribution in [-0.2, 0) is 0 Å². The van der Waals surface area contributed by atoms with Gasteiger partial charge in [-0.05, 0) is 38.8 Å². The van der Waals surface area contributed by atoms with Gasteiger partial charge in [0, 0.05) is 3.42 Å². The van der Waals surface area contributed by atoms with Gasteiger partial charge in [-0.15, -0.1) is 0 Å². The quantitative estimate of drug-likeness (QED) is 0.407. The Labute approximate surface area is 95.6 Å². The highest BCUT2D eigenvalue weighted by molar-refractivity contribution is 14.1. The lowest BCUT2D eigenvalue weighted by atomic mass is 10.4. The second kappa shape index (κ2) is 3.29. The Balaban J connectivity index is 1.93. The maximum Gasteiger partial charge on any atom is 0.0766 e. The molecule has 64 valence electrons. The third kappa shape index (κ3) is 1.85. The first kappa shape index (κ1) is 8.99. The minimum absolute atomic E-state index is 0.655. The van der Waals surface area contributed by atoms with E-state index in [-0.39, 0.29) is 0 Å². The molecule has 1 aliphatic carbocycles. The summed E-state index contributed by atoms with van der Waals surface area (Å²) in [6, 6.07) is 0. The monoisotopic (exact) mass is 377 g/mol. The van der Waals surface area contributed by atoms with Crippen LogP contribution in [0.5, 0.6) is 0 Å². The van der Waals surface area contributed by atoms with Gasteiger partial charge in [0.15, 0.2) is 0 Å². The molecule has 0 amide bonds. The molecule has 0 aromatic heterocycles. The fourth-order valence-electron chi connectivity index (χ4n) is 1.65. The smallest absolute Gasteiger partial charge is 0.0766 e. The molecule has 2 aliphatic rings. The standard InChI is InChI=1S/C8H13I2N/c9-7(8(10)3-4-8)11-5-1-2-6-11/h7H,1-6H2. The van der Waals surface area contributed by atoms with Gasteiger partial charge in [0.1, 0.15) is 0 Å². The van der Waals surface area contributed by atoms with Crippen LogP contribution in [0.4, 0.5) is 0 Å². The van der Waals surface area contributed by atoms with Crippen molar-refractivity contribution in [3.63, 3.8) is 0 Å². The fraction of sp³-hybridized carbons (Fsp3) is 1.00. The molecule has 1 aliphatic heterocycles. The molecular formula is C8H13I2N. The molecule has 1 saturated heterocycles. The normalized spacial score (nSPS) is 32.2. The van der Waals surface area contributed by atoms with Gasteiger partial charge in [0.05, 0.1) is 4.05 Å². The predicted molar refractivity (Wildman–Crippen MR) is 64.6 cm³/mol. The van der Waals surface area contributed by atoms with E-state index in [1.54, 1.807) is 0 Å². The topological polar surface area (TPSA) is 3.24 Å². The summed E-state index contributed by atoms with van der Waals surface area (Å²) in [6.07, 6.45) is 5.73. The fourth-order valence-corrected chi connectivity index (χ4v) is 3.50. The highest BCUT2D eigenvalue weighted by Crippen LogP contribution is 2.52. The van der Waals surface area contributed by atoms with Crippen LogP contribution in [0.3, 0.4) is 0 Å². The molecule has 0 radical (unpaired) electrons. The number of hydrogen-bond acceptors (Lipinski definition) is 1. The van der Waals surface area contributed by atoms with E-state index in [2.05, 4.69) is 50.1 Å². The van der Waals surface area contributed by atoms with Crippen molar-refractivity contribution in [1.29, 1.82) is 0 Å². The van der Waals surface area contributed by atoms with Crippen molar-refractivity contribution in [1.82, 2.24) is 4.90 Å². The molecule has 0 spiro atoms. The molecule has 0 bridgehead atoms. The summed E-state index contributed by atoms with van der Waals surface area (Å²) >= 11 is 5.29. The SMILES string of the molecule is IC(N1CCCC1)C1(I)CC1. The van der Waals surface area contributed by atoms with Crippen LogP contribution in [0.25, 0.3) is 0 Å². The third-order valence-corrected chi connectivity index (χ3v) is 7.46. The molecule has 3 heteroatoms. The van der Waals surface area contributed by atoms with Gasteiger partial charge in [-0.1, -0.05) is 45.2 Å². The lowest BCUT2D eigenvalue weighted by Crippen LogP contribution is -2.35. The first-order chi connectivity index (χ1) is 5.22. The van der Waals surface area contributed by atoms with E-state index in [9.17, 15) is 0 Å². The van der Waals surface area contributed by atoms with Crippen molar-refractivity contribution in [2.24, 2.45) is 0 Å². The number of likely N-dealkylation sites (tertiary alicyclic amines) is 1. The average Bonchev–Trinajstić information content (AvgIpc) is 2.54. The summed E-state index contributed by atoms with van der Waals surface area (Å²) < 4.78 is 1.46. The van der Waals surface area contributed by atoms with Gasteiger partial charge < -0.3 is 0 Å². The number of nitrogens with zero attached hydrogens (tertiary/aromatic N) is 1. The predicted octanol–water partition coefficient (Wildman–Crippen LogP) is 2.81. The first-order valence-electron chi connectivity index (χ1n) is 4.29. The van der Waals surface area contributed by atoms with Crippen LogP contribution in [0, 0.1) is 0 Å². The Bertz CT molecular complexity index is 150. The molecule has 2 fully saturated rings. The number of halogens is 2. The van der Waals surface area contributed by atoms with Crippen LogP contribution in [0.1, 0.15) is 25.7 Å². The molecule has 1 heterocycles. The molecule has 1 saturated carbocycles. The van der Waals surface area contributed by atoms with Crippen molar-refractivity contribution in [2.75, 3.05) is 13.1 Å². The summed E-state index contributed by atoms with van der Waals surface area (Å²) in [4.78, 5) is 2.65. The summed E-state index contributed by atoms with van der Waals surface area (Å²) in [7, 11) is 0. The van der Waals surface area contributed by atoms with Crippen LogP contribution >= 0.6 is 45.2 Å². The highest BCUT2D eigenvalue weighted by Gasteiger charge is 2.48. The molecule has 0 N–H and O–H groups in total. The molecule has 11 heavy (non-hydrogen) atoms. The van der Waals surface area contributed by atoms with Gasteiger partial charge in [-0.3, -0.25) is 4.90 Å². The molecule has 2 rings (SSSR count). The summed E-state index contributed by atoms with van der Waals surface area (Å²) in [5, 5.41) is 0. The largest absolute Gasteiger partial charge is 0.291 e. The van der Waals surface area contributed by atoms with Crippen molar-refractivity contribution in [3.05, 3.63) is 0 Å². The Morgan fingerprint density at radius 3 is 2.18 bits per heavy atom. The zero-order valence-electron chi connectivity index (χ0n) is 6.52. The van der Waals surface area contributed by atoms with Crippen molar-refractivity contribution in [3.8, 4) is 0 Å². The molecule has 0 aromatic rings. The van der Waals surface area contributed by atoms with Crippen molar-refractivity contribution >= 4 is 45.2 Å². The Morgan fingerprint density at radius 2 is 1.73 bits per heavy atom. The minimum atomic E-state index is 0.655. The molecular weight excluding hydrogens is 364 g/mol. The van der Waals surface area contributed by atoms with Crippen LogP contribution in [-0.4, -0.2) is 25.5 Å². The van der Waals surface area contributed by atoms with Crippen molar-refractivity contribution < 1.29 is 0 Å². The number of rotatable bonds is 2. The minimum Gasteiger partial charge on any atom is -0.291 e. The second-order valence-electron chi connectivity index (χ2n) is 3.61. The van der Waals surface area contributed by atoms with Crippen LogP contribution < -0.4 is 0 Å². The lowest BCUT2D eigenvalue weighted by Gasteiger charge is -2.26. The van der Waals surface area contributed by atoms with Gasteiger partial charge in [0.2, 0.25) is 0 Å². The van der Waals surface area contributed by atoms with E-state index in [4.69, 9.17) is 0 Å². The Hall–Kier alpha value is 1.42. The van der Waals surface area contributed by atoms with Gasteiger partial charge >= 0.3 is 0 Å². The van der Waals surface area contributed by atoms with Gasteiger partial charge in [-0.2, -0.15) is 0 Å². The second-order valence-corrected chi connectivity index (χ2v) is 6.94. The number of alkyl halides is 2. The van der Waals surface area contributed by atoms with Gasteiger partial charge in [0.25, 0.3) is 0 Å². The third-order valence-electron chi connectivity index (χ3n) is 2.62. The van der Waals surface area contributed by atoms with E-state index >= 15 is 0 Å². The van der Waals surface area contributed by atoms with E-state index < -0.39 is 0 Å². The molecule has 1 atom stereocenters. The van der Waals surface area contributed by atoms with Crippen molar-refractivity contribution in [2.45, 2.75) is 33.2 Å². The van der Waals surface area contributed by atoms with Gasteiger partial charge in [-0.25, -0.2) is 0 Å². The van der Waals surface area contributed by atoms with E-state index in [0.29, 0.717) is 3.42 Å². The average molecular weight is 377 g/mol. The molecule has 0 aromatic carbocycles. The summed E-state index contributed by atoms with van der Waals surface area (Å²) in [5.41, 5.74) is 0.